The van der Waals surface area contributed by atoms with Crippen LogP contribution in [0.3, 0.4) is 0 Å². The van der Waals surface area contributed by atoms with Crippen molar-refractivity contribution in [3.8, 4) is 0 Å². The normalized spacial score (nSPS) is 19.0. The Bertz CT molecular complexity index is 1030. The van der Waals surface area contributed by atoms with Gasteiger partial charge in [0.25, 0.3) is 5.91 Å². The molecule has 0 unspecified atom stereocenters. The second-order valence-electron chi connectivity index (χ2n) is 7.85. The van der Waals surface area contributed by atoms with E-state index < -0.39 is 0 Å². The van der Waals surface area contributed by atoms with Gasteiger partial charge >= 0.3 is 0 Å². The first-order chi connectivity index (χ1) is 13.9. The minimum Gasteiger partial charge on any atom is -0.362 e. The van der Waals surface area contributed by atoms with Crippen LogP contribution in [0.2, 0.25) is 0 Å². The van der Waals surface area contributed by atoms with Crippen molar-refractivity contribution in [2.45, 2.75) is 46.0 Å². The summed E-state index contributed by atoms with van der Waals surface area (Å²) in [6.45, 7) is 5.88. The molecule has 5 nitrogen and oxygen atoms in total. The third kappa shape index (κ3) is 3.73. The molecule has 5 heteroatoms. The molecule has 2 aliphatic rings. The molecule has 1 aromatic carbocycles. The number of carbonyl (C=O) groups is 2. The van der Waals surface area contributed by atoms with Gasteiger partial charge in [0.1, 0.15) is 5.82 Å². The molecule has 0 bridgehead atoms. The fourth-order valence-corrected chi connectivity index (χ4v) is 4.10. The number of pyridine rings is 1. The van der Waals surface area contributed by atoms with E-state index in [0.29, 0.717) is 17.8 Å². The van der Waals surface area contributed by atoms with Crippen LogP contribution in [0.1, 0.15) is 48.8 Å². The maximum atomic E-state index is 13.3. The molecule has 0 fully saturated rings. The molecule has 4 rings (SSSR count). The molecule has 1 amide bonds. The van der Waals surface area contributed by atoms with E-state index in [-0.39, 0.29) is 17.6 Å². The van der Waals surface area contributed by atoms with Gasteiger partial charge in [-0.05, 0) is 50.8 Å². The zero-order valence-corrected chi connectivity index (χ0v) is 17.0. The molecule has 2 aromatic rings. The molecule has 2 heterocycles. The summed E-state index contributed by atoms with van der Waals surface area (Å²) in [7, 11) is 0. The predicted molar refractivity (Wildman–Crippen MR) is 113 cm³/mol. The summed E-state index contributed by atoms with van der Waals surface area (Å²) < 4.78 is 0. The highest BCUT2D eigenvalue weighted by atomic mass is 16.2. The number of rotatable bonds is 3. The van der Waals surface area contributed by atoms with Gasteiger partial charge in [-0.1, -0.05) is 35.9 Å². The van der Waals surface area contributed by atoms with Crippen LogP contribution in [-0.4, -0.2) is 16.7 Å². The topological polar surface area (TPSA) is 71.1 Å². The highest BCUT2D eigenvalue weighted by Crippen LogP contribution is 2.42. The monoisotopic (exact) mass is 387 g/mol. The van der Waals surface area contributed by atoms with Gasteiger partial charge in [0.2, 0.25) is 0 Å². The van der Waals surface area contributed by atoms with Crippen LogP contribution in [0.15, 0.2) is 65.1 Å². The number of hydrogen-bond donors (Lipinski definition) is 2. The molecule has 1 atom stereocenters. The van der Waals surface area contributed by atoms with Crippen LogP contribution < -0.4 is 10.6 Å². The van der Waals surface area contributed by atoms with Gasteiger partial charge in [-0.15, -0.1) is 0 Å². The summed E-state index contributed by atoms with van der Waals surface area (Å²) in [6.07, 6.45) is 3.91. The number of dihydropyridines is 1. The summed E-state index contributed by atoms with van der Waals surface area (Å²) in [6, 6.07) is 11.8. The van der Waals surface area contributed by atoms with Crippen molar-refractivity contribution >= 4 is 17.5 Å². The van der Waals surface area contributed by atoms with Crippen LogP contribution in [0.5, 0.6) is 0 Å². The Kier molecular flexibility index (Phi) is 5.05. The number of nitrogens with one attached hydrogen (secondary N) is 2. The molecule has 0 saturated carbocycles. The highest BCUT2D eigenvalue weighted by molar-refractivity contribution is 6.09. The second kappa shape index (κ2) is 7.66. The fourth-order valence-electron chi connectivity index (χ4n) is 4.10. The lowest BCUT2D eigenvalue weighted by Gasteiger charge is -2.34. The van der Waals surface area contributed by atoms with Gasteiger partial charge in [0.05, 0.1) is 0 Å². The third-order valence-corrected chi connectivity index (χ3v) is 5.58. The number of carbonyl (C=O) groups excluding carboxylic acids is 2. The molecule has 0 spiro atoms. The Morgan fingerprint density at radius 1 is 1.03 bits per heavy atom. The lowest BCUT2D eigenvalue weighted by atomic mass is 9.75. The van der Waals surface area contributed by atoms with Crippen molar-refractivity contribution in [3.63, 3.8) is 0 Å². The molecule has 0 radical (unpaired) electrons. The molecule has 0 saturated heterocycles. The number of benzene rings is 1. The SMILES string of the molecule is CC1=C(C(=O)Nc2ccc(C)cn2)[C@H](c2ccc(C)cc2)C2=C(CCCC2=O)N1. The number of aromatic nitrogens is 1. The summed E-state index contributed by atoms with van der Waals surface area (Å²) >= 11 is 0. The summed E-state index contributed by atoms with van der Waals surface area (Å²) in [5, 5.41) is 6.25. The standard InChI is InChI=1S/C24H25N3O2/c1-14-7-10-17(11-8-14)22-21(24(29)27-20-12-9-15(2)13-25-20)16(3)26-18-5-4-6-19(28)23(18)22/h7-13,22,26H,4-6H2,1-3H3,(H,25,27,29)/t22-/m0/s1. The number of hydrogen-bond acceptors (Lipinski definition) is 4. The van der Waals surface area contributed by atoms with E-state index in [0.717, 1.165) is 46.5 Å². The van der Waals surface area contributed by atoms with Crippen molar-refractivity contribution in [3.05, 3.63) is 81.8 Å². The quantitative estimate of drug-likeness (QED) is 0.823. The van der Waals surface area contributed by atoms with Crippen molar-refractivity contribution in [2.24, 2.45) is 0 Å². The van der Waals surface area contributed by atoms with E-state index in [2.05, 4.69) is 15.6 Å². The molecule has 29 heavy (non-hydrogen) atoms. The van der Waals surface area contributed by atoms with Gasteiger partial charge in [-0.3, -0.25) is 9.59 Å². The van der Waals surface area contributed by atoms with E-state index in [1.54, 1.807) is 12.3 Å². The minimum atomic E-state index is -0.370. The Morgan fingerprint density at radius 2 is 1.76 bits per heavy atom. The van der Waals surface area contributed by atoms with E-state index in [1.807, 2.05) is 51.1 Å². The number of ketones is 1. The van der Waals surface area contributed by atoms with Gasteiger partial charge in [0.15, 0.2) is 5.78 Å². The van der Waals surface area contributed by atoms with Gasteiger partial charge < -0.3 is 10.6 Å². The van der Waals surface area contributed by atoms with Crippen molar-refractivity contribution in [1.29, 1.82) is 0 Å². The van der Waals surface area contributed by atoms with Crippen molar-refractivity contribution < 1.29 is 9.59 Å². The third-order valence-electron chi connectivity index (χ3n) is 5.58. The first kappa shape index (κ1) is 19.1. The first-order valence-electron chi connectivity index (χ1n) is 9.98. The summed E-state index contributed by atoms with van der Waals surface area (Å²) in [4.78, 5) is 30.5. The Hall–Kier alpha value is -3.21. The van der Waals surface area contributed by atoms with E-state index in [1.165, 1.54) is 0 Å². The van der Waals surface area contributed by atoms with Crippen LogP contribution in [0, 0.1) is 13.8 Å². The Morgan fingerprint density at radius 3 is 2.45 bits per heavy atom. The lowest BCUT2D eigenvalue weighted by molar-refractivity contribution is -0.116. The molecule has 148 valence electrons. The van der Waals surface area contributed by atoms with Gasteiger partial charge in [0, 0.05) is 41.1 Å². The average Bonchev–Trinajstić information content (AvgIpc) is 2.69. The van der Waals surface area contributed by atoms with Crippen LogP contribution in [0.25, 0.3) is 0 Å². The molecule has 1 aliphatic carbocycles. The van der Waals surface area contributed by atoms with Gasteiger partial charge in [-0.2, -0.15) is 0 Å². The predicted octanol–water partition coefficient (Wildman–Crippen LogP) is 4.31. The van der Waals surface area contributed by atoms with Crippen LogP contribution >= 0.6 is 0 Å². The second-order valence-corrected chi connectivity index (χ2v) is 7.85. The lowest BCUT2D eigenvalue weighted by Crippen LogP contribution is -2.35. The Balaban J connectivity index is 1.77. The number of amides is 1. The number of anilines is 1. The van der Waals surface area contributed by atoms with Crippen molar-refractivity contribution in [1.82, 2.24) is 10.3 Å². The van der Waals surface area contributed by atoms with E-state index >= 15 is 0 Å². The maximum Gasteiger partial charge on any atom is 0.255 e. The fraction of sp³-hybridized carbons (Fsp3) is 0.292. The Labute approximate surface area is 170 Å². The molecular weight excluding hydrogens is 362 g/mol. The van der Waals surface area contributed by atoms with Crippen LogP contribution in [0.4, 0.5) is 5.82 Å². The summed E-state index contributed by atoms with van der Waals surface area (Å²) in [5.41, 5.74) is 6.17. The maximum absolute atomic E-state index is 13.3. The van der Waals surface area contributed by atoms with Gasteiger partial charge in [-0.25, -0.2) is 4.98 Å². The average molecular weight is 387 g/mol. The molecular formula is C24H25N3O2. The number of Topliss-reactive ketones (excluding diaryl/α,β-unsaturated/α-hetero) is 1. The first-order valence-corrected chi connectivity index (χ1v) is 9.98. The van der Waals surface area contributed by atoms with Crippen molar-refractivity contribution in [2.75, 3.05) is 5.32 Å². The zero-order chi connectivity index (χ0) is 20.5. The molecule has 2 N–H and O–H groups in total. The largest absolute Gasteiger partial charge is 0.362 e. The smallest absolute Gasteiger partial charge is 0.255 e. The molecule has 1 aromatic heterocycles. The highest BCUT2D eigenvalue weighted by Gasteiger charge is 2.38. The van der Waals surface area contributed by atoms with E-state index in [4.69, 9.17) is 0 Å². The summed E-state index contributed by atoms with van der Waals surface area (Å²) in [5.74, 6) is 0.0147. The van der Waals surface area contributed by atoms with E-state index in [9.17, 15) is 9.59 Å². The molecule has 1 aliphatic heterocycles. The number of allylic oxidation sites excluding steroid dienone is 3. The zero-order valence-electron chi connectivity index (χ0n) is 17.0. The number of aryl methyl sites for hydroxylation is 2. The number of nitrogens with zero attached hydrogens (tertiary/aromatic N) is 1. The van der Waals surface area contributed by atoms with Crippen LogP contribution in [-0.2, 0) is 9.59 Å². The minimum absolute atomic E-state index is 0.121.